The molecule has 3 rings (SSSR count). The summed E-state index contributed by atoms with van der Waals surface area (Å²) in [4.78, 5) is 11.8. The van der Waals surface area contributed by atoms with Crippen LogP contribution in [0.3, 0.4) is 0 Å². The van der Waals surface area contributed by atoms with Gasteiger partial charge in [-0.15, -0.1) is 0 Å². The molecule has 0 saturated heterocycles. The lowest BCUT2D eigenvalue weighted by atomic mass is 10.0. The van der Waals surface area contributed by atoms with Gasteiger partial charge >= 0.3 is 18.2 Å². The van der Waals surface area contributed by atoms with Gasteiger partial charge in [-0.2, -0.15) is 27.1 Å². The first-order valence-corrected chi connectivity index (χ1v) is 11.2. The van der Waals surface area contributed by atoms with Gasteiger partial charge in [-0.25, -0.2) is 9.18 Å². The van der Waals surface area contributed by atoms with E-state index in [1.165, 1.54) is 18.2 Å². The molecule has 0 fully saturated rings. The van der Waals surface area contributed by atoms with Crippen molar-refractivity contribution in [3.05, 3.63) is 42.2 Å². The topological polar surface area (TPSA) is 91.4 Å². The molecule has 3 N–H and O–H groups in total. The molecule has 0 spiro atoms. The summed E-state index contributed by atoms with van der Waals surface area (Å²) in [6, 6.07) is 8.12. The predicted molar refractivity (Wildman–Crippen MR) is 125 cm³/mol. The molecule has 0 aliphatic rings. The highest BCUT2D eigenvalue weighted by molar-refractivity contribution is 5.93. The van der Waals surface area contributed by atoms with Crippen LogP contribution in [0.4, 0.5) is 37.0 Å². The van der Waals surface area contributed by atoms with E-state index in [-0.39, 0.29) is 23.5 Å². The van der Waals surface area contributed by atoms with Crippen molar-refractivity contribution >= 4 is 22.8 Å². The molecular weight excluding hydrogens is 506 g/mol. The number of alkyl carbamates (subject to hydrolysis) is 1. The standard InChI is InChI=1S/C24H26F6N4O3/c1-22(2,3)37-21(35)32-10-5-11-34-18-12-14(8-9-16(18)20(31)33-34)15-6-4-7-17(25)19(15)36-13-23(26,27)24(28,29)30/h4,6-9,12H,5,10-11,13H2,1-3H3,(H2,31,33)(H,32,35). The van der Waals surface area contributed by atoms with Crippen molar-refractivity contribution in [3.63, 3.8) is 0 Å². The minimum Gasteiger partial charge on any atom is -0.483 e. The molecule has 202 valence electrons. The third kappa shape index (κ3) is 6.77. The summed E-state index contributed by atoms with van der Waals surface area (Å²) in [5, 5.41) is 7.42. The third-order valence-electron chi connectivity index (χ3n) is 5.09. The molecular formula is C24H26F6N4O3. The van der Waals surface area contributed by atoms with Crippen LogP contribution in [-0.2, 0) is 11.3 Å². The van der Waals surface area contributed by atoms with Gasteiger partial charge < -0.3 is 20.5 Å². The fraction of sp³-hybridized carbons (Fsp3) is 0.417. The number of ether oxygens (including phenoxy) is 2. The average molecular weight is 532 g/mol. The molecule has 0 radical (unpaired) electrons. The molecule has 2 aromatic carbocycles. The number of hydrogen-bond donors (Lipinski definition) is 2. The number of aryl methyl sites for hydroxylation is 1. The van der Waals surface area contributed by atoms with Gasteiger partial charge in [0.15, 0.2) is 24.0 Å². The number of nitrogens with one attached hydrogen (secondary N) is 1. The molecule has 0 aliphatic carbocycles. The number of alkyl halides is 5. The van der Waals surface area contributed by atoms with Gasteiger partial charge in [-0.1, -0.05) is 18.2 Å². The number of carbonyl (C=O) groups is 1. The van der Waals surface area contributed by atoms with Crippen molar-refractivity contribution < 1.29 is 40.6 Å². The van der Waals surface area contributed by atoms with Crippen LogP contribution in [0.25, 0.3) is 22.0 Å². The lowest BCUT2D eigenvalue weighted by Crippen LogP contribution is -2.41. The van der Waals surface area contributed by atoms with E-state index in [0.29, 0.717) is 23.9 Å². The number of halogens is 6. The van der Waals surface area contributed by atoms with Crippen LogP contribution in [0.5, 0.6) is 5.75 Å². The number of rotatable bonds is 8. The number of nitrogen functional groups attached to an aromatic ring is 1. The lowest BCUT2D eigenvalue weighted by Gasteiger charge is -2.21. The first-order chi connectivity index (χ1) is 17.1. The zero-order chi connectivity index (χ0) is 27.6. The largest absolute Gasteiger partial charge is 0.483 e. The zero-order valence-electron chi connectivity index (χ0n) is 20.3. The number of nitrogens with two attached hydrogens (primary N) is 1. The Labute approximate surface area is 208 Å². The lowest BCUT2D eigenvalue weighted by molar-refractivity contribution is -0.290. The summed E-state index contributed by atoms with van der Waals surface area (Å²) in [7, 11) is 0. The number of aromatic nitrogens is 2. The normalized spacial score (nSPS) is 12.6. The molecule has 0 aliphatic heterocycles. The number of nitrogens with zero attached hydrogens (tertiary/aromatic N) is 2. The number of carbonyl (C=O) groups excluding carboxylic acids is 1. The summed E-state index contributed by atoms with van der Waals surface area (Å²) in [5.74, 6) is -6.82. The van der Waals surface area contributed by atoms with E-state index < -0.39 is 42.0 Å². The second-order valence-electron chi connectivity index (χ2n) is 9.23. The maximum atomic E-state index is 14.4. The molecule has 0 saturated carbocycles. The summed E-state index contributed by atoms with van der Waals surface area (Å²) in [5.41, 5.74) is 6.09. The summed E-state index contributed by atoms with van der Waals surface area (Å²) in [6.07, 6.45) is -5.98. The Morgan fingerprint density at radius 2 is 1.81 bits per heavy atom. The van der Waals surface area contributed by atoms with Crippen molar-refractivity contribution in [2.75, 3.05) is 18.9 Å². The van der Waals surface area contributed by atoms with Gasteiger partial charge in [-0.3, -0.25) is 4.68 Å². The van der Waals surface area contributed by atoms with E-state index in [4.69, 9.17) is 10.5 Å². The fourth-order valence-corrected chi connectivity index (χ4v) is 3.40. The van der Waals surface area contributed by atoms with Crippen LogP contribution in [0.1, 0.15) is 27.2 Å². The Hall–Kier alpha value is -3.64. The van der Waals surface area contributed by atoms with Gasteiger partial charge in [0.2, 0.25) is 0 Å². The summed E-state index contributed by atoms with van der Waals surface area (Å²) < 4.78 is 90.2. The average Bonchev–Trinajstić information content (AvgIpc) is 3.08. The van der Waals surface area contributed by atoms with Crippen molar-refractivity contribution in [2.24, 2.45) is 0 Å². The number of anilines is 1. The van der Waals surface area contributed by atoms with Crippen LogP contribution in [-0.4, -0.2) is 46.7 Å². The summed E-state index contributed by atoms with van der Waals surface area (Å²) in [6.45, 7) is 3.71. The van der Waals surface area contributed by atoms with Crippen molar-refractivity contribution in [2.45, 2.75) is 51.4 Å². The molecule has 0 bridgehead atoms. The van der Waals surface area contributed by atoms with E-state index in [1.807, 2.05) is 0 Å². The third-order valence-corrected chi connectivity index (χ3v) is 5.09. The highest BCUT2D eigenvalue weighted by Gasteiger charge is 2.58. The second kappa shape index (κ2) is 10.4. The number of amides is 1. The minimum atomic E-state index is -5.85. The molecule has 0 atom stereocenters. The zero-order valence-corrected chi connectivity index (χ0v) is 20.3. The Morgan fingerprint density at radius 3 is 2.46 bits per heavy atom. The van der Waals surface area contributed by atoms with Gasteiger partial charge in [0.1, 0.15) is 5.60 Å². The van der Waals surface area contributed by atoms with E-state index in [2.05, 4.69) is 15.2 Å². The Bertz CT molecular complexity index is 1270. The molecule has 7 nitrogen and oxygen atoms in total. The Morgan fingerprint density at radius 1 is 1.11 bits per heavy atom. The van der Waals surface area contributed by atoms with Crippen LogP contribution in [0, 0.1) is 5.82 Å². The van der Waals surface area contributed by atoms with E-state index in [9.17, 15) is 31.1 Å². The molecule has 3 aromatic rings. The fourth-order valence-electron chi connectivity index (χ4n) is 3.40. The van der Waals surface area contributed by atoms with Crippen molar-refractivity contribution in [1.82, 2.24) is 15.1 Å². The number of fused-ring (bicyclic) bond motifs is 1. The monoisotopic (exact) mass is 532 g/mol. The second-order valence-corrected chi connectivity index (χ2v) is 9.23. The van der Waals surface area contributed by atoms with Crippen LogP contribution in [0.2, 0.25) is 0 Å². The number of para-hydroxylation sites is 1. The quantitative estimate of drug-likeness (QED) is 0.278. The predicted octanol–water partition coefficient (Wildman–Crippen LogP) is 5.92. The maximum absolute atomic E-state index is 14.4. The Kier molecular flexibility index (Phi) is 7.84. The van der Waals surface area contributed by atoms with E-state index >= 15 is 0 Å². The smallest absolute Gasteiger partial charge is 0.456 e. The minimum absolute atomic E-state index is 0.0298. The van der Waals surface area contributed by atoms with Crippen LogP contribution in [0.15, 0.2) is 36.4 Å². The number of benzene rings is 2. The molecule has 1 amide bonds. The van der Waals surface area contributed by atoms with Gasteiger partial charge in [-0.05, 0) is 51.0 Å². The molecule has 0 unspecified atom stereocenters. The highest BCUT2D eigenvalue weighted by atomic mass is 19.4. The van der Waals surface area contributed by atoms with Crippen molar-refractivity contribution in [3.8, 4) is 16.9 Å². The molecule has 1 aromatic heterocycles. The van der Waals surface area contributed by atoms with E-state index in [1.54, 1.807) is 37.6 Å². The van der Waals surface area contributed by atoms with Crippen LogP contribution >= 0.6 is 0 Å². The Balaban J connectivity index is 1.82. The maximum Gasteiger partial charge on any atom is 0.456 e. The summed E-state index contributed by atoms with van der Waals surface area (Å²) >= 11 is 0. The first-order valence-electron chi connectivity index (χ1n) is 11.2. The van der Waals surface area contributed by atoms with Gasteiger partial charge in [0.25, 0.3) is 0 Å². The molecule has 13 heteroatoms. The van der Waals surface area contributed by atoms with E-state index in [0.717, 1.165) is 6.07 Å². The van der Waals surface area contributed by atoms with Crippen molar-refractivity contribution in [1.29, 1.82) is 0 Å². The highest BCUT2D eigenvalue weighted by Crippen LogP contribution is 2.39. The number of hydrogen-bond acceptors (Lipinski definition) is 5. The SMILES string of the molecule is CC(C)(C)OC(=O)NCCCn1nc(N)c2ccc(-c3cccc(F)c3OCC(F)(F)C(F)(F)F)cc21. The molecule has 37 heavy (non-hydrogen) atoms. The molecule has 1 heterocycles. The van der Waals surface area contributed by atoms with Gasteiger partial charge in [0, 0.05) is 24.0 Å². The van der Waals surface area contributed by atoms with Crippen LogP contribution < -0.4 is 15.8 Å². The first kappa shape index (κ1) is 27.9. The van der Waals surface area contributed by atoms with Gasteiger partial charge in [0.05, 0.1) is 5.52 Å².